The van der Waals surface area contributed by atoms with Gasteiger partial charge in [-0.2, -0.15) is 26.3 Å². The van der Waals surface area contributed by atoms with Gasteiger partial charge in [0.1, 0.15) is 12.4 Å². The fourth-order valence-corrected chi connectivity index (χ4v) is 20.3. The highest BCUT2D eigenvalue weighted by Crippen LogP contribution is 2.42. The largest absolute Gasteiger partial charge is 0.492 e. The SMILES string of the molecule is O=C(Nc1nc2cc(CN3CCCCC3)ccc2n1-c1ccccc1)c1cccc([N+](=O)[O-])c1.O=C(Nc1nc2cc(CN3CCCCC3)ccc2n1C1CCC(O)CC1)c1cccc(C(F)(F)F)c1.O=C(Nc1nc2cc(CN3CCCCC3)ccc2n1C1CCC(O)CC1)c1cccc([N+](=O)[O-])c1.O=C(Nc1nc2cc(OCCN3CCOCC3)ccc2n1C1CCC(O)CC1)c1cccc(C(F)(F)F)c1. The summed E-state index contributed by atoms with van der Waals surface area (Å²) >= 11 is 0. The molecule has 752 valence electrons. The predicted octanol–water partition coefficient (Wildman–Crippen LogP) is 20.1. The van der Waals surface area contributed by atoms with Gasteiger partial charge in [0.25, 0.3) is 35.0 Å². The number of ether oxygens (including phenoxy) is 2. The second kappa shape index (κ2) is 46.3. The number of aromatic nitrogens is 8. The first-order valence-corrected chi connectivity index (χ1v) is 49.5. The van der Waals surface area contributed by atoms with Crippen LogP contribution in [0.2, 0.25) is 0 Å². The topological polar surface area (TPSA) is 366 Å². The summed E-state index contributed by atoms with van der Waals surface area (Å²) in [6, 6.07) is 54.2. The first-order chi connectivity index (χ1) is 69.1. The van der Waals surface area contributed by atoms with Gasteiger partial charge in [-0.05, 0) is 281 Å². The van der Waals surface area contributed by atoms with Crippen molar-refractivity contribution in [1.29, 1.82) is 0 Å². The molecular weight excluding hydrogens is 1850 g/mol. The zero-order chi connectivity index (χ0) is 99.8. The minimum absolute atomic E-state index is 0.0201. The second-order valence-electron chi connectivity index (χ2n) is 37.9. The standard InChI is InChI=1S/C27H31F3N4O4.C27H31F3N4O2.C26H31N5O4.C26H25N5O3/c28-27(29,30)19-3-1-2-18(16-19)25(36)32-26-31-23-17-22(38-15-12-33-10-13-37-14-11-33)8-9-24(23)34(26)20-4-6-21(35)7-5-20;28-27(29,30)20-6-4-5-19(16-20)25(36)32-26-31-23-15-18(17-33-13-2-1-3-14-33)7-12-24(23)34(26)21-8-10-22(35)11-9-21;32-22-10-8-20(9-11-22)30-24-12-7-18(17-29-13-2-1-3-14-29)15-23(24)27-26(30)28-25(33)19-5-4-6-21(16-19)31(34)35;32-25(20-8-7-11-22(17-20)31(33)34)28-26-27-23-16-19(18-29-14-5-2-6-15-29)12-13-24(23)30(26)21-9-3-1-4-10-21/h1-3,8-9,16-17,20-21,35H,4-7,10-15H2,(H,31,32,36);4-7,12,15-16,21-22,35H,1-3,8-11,13-14,17H2,(H,31,32,36);4-7,12,15-16,20,22,32H,1-3,8-11,13-14,17H2,(H,27,28,33);1,3-4,7-13,16-17H,2,5-6,14-15,18H2,(H,27,28,32). The van der Waals surface area contributed by atoms with Crippen molar-refractivity contribution in [2.75, 3.05) is 100.0 Å². The van der Waals surface area contributed by atoms with Crippen LogP contribution in [0.4, 0.5) is 61.5 Å². The summed E-state index contributed by atoms with van der Waals surface area (Å²) in [5.41, 5.74) is 9.03. The smallest absolute Gasteiger partial charge is 0.416 e. The number of alkyl halides is 6. The number of carbonyl (C=O) groups is 4. The van der Waals surface area contributed by atoms with Crippen LogP contribution in [0.5, 0.6) is 5.75 Å². The Labute approximate surface area is 821 Å². The van der Waals surface area contributed by atoms with Gasteiger partial charge in [0.15, 0.2) is 0 Å². The molecule has 0 spiro atoms. The molecule has 13 aromatic rings. The fourth-order valence-electron chi connectivity index (χ4n) is 20.3. The number of para-hydroxylation sites is 1. The van der Waals surface area contributed by atoms with Crippen molar-refractivity contribution < 1.29 is 80.2 Å². The van der Waals surface area contributed by atoms with Gasteiger partial charge >= 0.3 is 12.4 Å². The highest BCUT2D eigenvalue weighted by molar-refractivity contribution is 6.07. The number of rotatable bonds is 24. The third-order valence-corrected chi connectivity index (χ3v) is 27.8. The maximum Gasteiger partial charge on any atom is 0.416 e. The number of piperidine rings is 3. The van der Waals surface area contributed by atoms with E-state index < -0.39 is 57.0 Å². The molecule has 0 atom stereocenters. The molecule has 3 aliphatic carbocycles. The first kappa shape index (κ1) is 101. The van der Waals surface area contributed by atoms with Crippen molar-refractivity contribution in [2.45, 2.75) is 203 Å². The summed E-state index contributed by atoms with van der Waals surface area (Å²) in [5, 5.41) is 63.5. The van der Waals surface area contributed by atoms with Crippen molar-refractivity contribution in [3.8, 4) is 11.4 Å². The molecular formula is C106H118F6N18O13. The maximum absolute atomic E-state index is 13.2. The number of non-ortho nitro benzene ring substituents is 2. The third kappa shape index (κ3) is 25.8. The molecule has 31 nitrogen and oxygen atoms in total. The number of fused-ring (bicyclic) bond motifs is 4. The van der Waals surface area contributed by atoms with Gasteiger partial charge in [0, 0.05) is 116 Å². The van der Waals surface area contributed by atoms with Crippen molar-refractivity contribution in [3.63, 3.8) is 0 Å². The van der Waals surface area contributed by atoms with E-state index in [-0.39, 0.29) is 76.0 Å². The van der Waals surface area contributed by atoms with E-state index in [1.54, 1.807) is 12.1 Å². The van der Waals surface area contributed by atoms with E-state index in [0.717, 1.165) is 192 Å². The van der Waals surface area contributed by atoms with Gasteiger partial charge in [-0.3, -0.25) is 84.8 Å². The molecule has 3 saturated carbocycles. The zero-order valence-corrected chi connectivity index (χ0v) is 79.4. The van der Waals surface area contributed by atoms with Crippen LogP contribution in [0.1, 0.15) is 222 Å². The Balaban J connectivity index is 0.000000131. The highest BCUT2D eigenvalue weighted by Gasteiger charge is 2.36. The number of benzene rings is 9. The molecule has 7 aliphatic rings. The minimum atomic E-state index is -4.55. The van der Waals surface area contributed by atoms with E-state index in [1.807, 2.05) is 80.4 Å². The van der Waals surface area contributed by atoms with Crippen LogP contribution in [-0.4, -0.2) is 204 Å². The molecule has 0 bridgehead atoms. The molecule has 0 unspecified atom stereocenters. The van der Waals surface area contributed by atoms with E-state index in [1.165, 1.54) is 130 Å². The molecule has 7 fully saturated rings. The number of aliphatic hydroxyl groups excluding tert-OH is 3. The monoisotopic (exact) mass is 1960 g/mol. The van der Waals surface area contributed by atoms with E-state index in [9.17, 15) is 81.1 Å². The van der Waals surface area contributed by atoms with Gasteiger partial charge in [0.2, 0.25) is 23.8 Å². The molecule has 7 N–H and O–H groups in total. The van der Waals surface area contributed by atoms with E-state index in [4.69, 9.17) is 24.4 Å². The summed E-state index contributed by atoms with van der Waals surface area (Å²) in [5.74, 6) is -0.170. The van der Waals surface area contributed by atoms with Crippen LogP contribution in [0.25, 0.3) is 49.8 Å². The Morgan fingerprint density at radius 2 is 0.706 bits per heavy atom. The molecule has 4 saturated heterocycles. The third-order valence-electron chi connectivity index (χ3n) is 27.8. The number of aliphatic hydroxyl groups is 3. The number of nitro groups is 2. The van der Waals surface area contributed by atoms with Gasteiger partial charge in [-0.1, -0.05) is 79.9 Å². The van der Waals surface area contributed by atoms with E-state index in [0.29, 0.717) is 87.1 Å². The molecule has 20 rings (SSSR count). The van der Waals surface area contributed by atoms with E-state index >= 15 is 0 Å². The maximum atomic E-state index is 13.2. The van der Waals surface area contributed by atoms with Crippen molar-refractivity contribution in [1.82, 2.24) is 57.8 Å². The predicted molar refractivity (Wildman–Crippen MR) is 532 cm³/mol. The Kier molecular flexibility index (Phi) is 32.8. The zero-order valence-electron chi connectivity index (χ0n) is 79.4. The number of nitro benzene ring substituents is 2. The molecule has 4 aromatic heterocycles. The molecule has 4 aliphatic heterocycles. The Hall–Kier alpha value is -13.4. The summed E-state index contributed by atoms with van der Waals surface area (Å²) in [6.07, 6.45) is 9.51. The van der Waals surface area contributed by atoms with Crippen molar-refractivity contribution in [2.24, 2.45) is 0 Å². The number of halogens is 6. The number of likely N-dealkylation sites (tertiary alicyclic amines) is 3. The number of carbonyl (C=O) groups excluding carboxylic acids is 4. The second-order valence-corrected chi connectivity index (χ2v) is 37.9. The van der Waals surface area contributed by atoms with Crippen molar-refractivity contribution in [3.05, 3.63) is 270 Å². The van der Waals surface area contributed by atoms with Crippen LogP contribution in [0.15, 0.2) is 200 Å². The molecule has 37 heteroatoms. The average Bonchev–Trinajstić information content (AvgIpc) is 1.64. The molecule has 9 aromatic carbocycles. The summed E-state index contributed by atoms with van der Waals surface area (Å²) in [6.45, 7) is 13.7. The number of nitrogens with one attached hydrogen (secondary N) is 4. The van der Waals surface area contributed by atoms with Gasteiger partial charge in [-0.25, -0.2) is 19.9 Å². The summed E-state index contributed by atoms with van der Waals surface area (Å²) in [4.78, 5) is 102. The van der Waals surface area contributed by atoms with Gasteiger partial charge in [-0.15, -0.1) is 0 Å². The quantitative estimate of drug-likeness (QED) is 0.0168. The van der Waals surface area contributed by atoms with Crippen LogP contribution < -0.4 is 26.0 Å². The minimum Gasteiger partial charge on any atom is -0.492 e. The lowest BCUT2D eigenvalue weighted by Crippen LogP contribution is -2.38. The lowest BCUT2D eigenvalue weighted by atomic mass is 9.93. The average molecular weight is 1970 g/mol. The lowest BCUT2D eigenvalue weighted by molar-refractivity contribution is -0.385. The van der Waals surface area contributed by atoms with Crippen LogP contribution in [0.3, 0.4) is 0 Å². The summed E-state index contributed by atoms with van der Waals surface area (Å²) in [7, 11) is 0. The van der Waals surface area contributed by atoms with Crippen molar-refractivity contribution >= 4 is 103 Å². The van der Waals surface area contributed by atoms with Gasteiger partial charge < -0.3 is 38.5 Å². The lowest BCUT2D eigenvalue weighted by Gasteiger charge is -2.28. The van der Waals surface area contributed by atoms with E-state index in [2.05, 4.69) is 86.8 Å². The number of amides is 4. The number of morpholine rings is 1. The summed E-state index contributed by atoms with van der Waals surface area (Å²) < 4.78 is 98.3. The molecule has 4 amide bonds. The van der Waals surface area contributed by atoms with Crippen LogP contribution in [0, 0.1) is 20.2 Å². The molecule has 143 heavy (non-hydrogen) atoms. The highest BCUT2D eigenvalue weighted by atomic mass is 19.4. The molecule has 8 heterocycles. The Bertz CT molecular complexity index is 6640. The van der Waals surface area contributed by atoms with Gasteiger partial charge in [0.05, 0.1) is 96.6 Å². The normalized spacial score (nSPS) is 19.6. The number of hydrogen-bond donors (Lipinski definition) is 7. The first-order valence-electron chi connectivity index (χ1n) is 49.5. The Morgan fingerprint density at radius 3 is 1.08 bits per heavy atom. The van der Waals surface area contributed by atoms with Crippen LogP contribution >= 0.6 is 0 Å². The molecule has 0 radical (unpaired) electrons. The van der Waals surface area contributed by atoms with Crippen LogP contribution in [-0.2, 0) is 36.7 Å². The number of nitrogens with zero attached hydrogens (tertiary/aromatic N) is 14. The number of anilines is 4. The fraction of sp³-hybridized carbons (Fsp3) is 0.415. The Morgan fingerprint density at radius 1 is 0.371 bits per heavy atom. The number of imidazole rings is 4. The number of hydrogen-bond acceptors (Lipinski definition) is 21.